The minimum atomic E-state index is -0.724. The van der Waals surface area contributed by atoms with E-state index in [1.807, 2.05) is 24.4 Å². The van der Waals surface area contributed by atoms with Gasteiger partial charge in [-0.15, -0.1) is 24.0 Å². The second-order valence-corrected chi connectivity index (χ2v) is 6.23. The summed E-state index contributed by atoms with van der Waals surface area (Å²) in [4.78, 5) is 8.55. The van der Waals surface area contributed by atoms with Gasteiger partial charge in [0.25, 0.3) is 0 Å². The molecule has 0 radical (unpaired) electrons. The van der Waals surface area contributed by atoms with Crippen molar-refractivity contribution in [2.45, 2.75) is 13.1 Å². The van der Waals surface area contributed by atoms with E-state index in [0.29, 0.717) is 19.0 Å². The quantitative estimate of drug-likeness (QED) is 0.204. The largest absolute Gasteiger partial charge is 0.489 e. The van der Waals surface area contributed by atoms with Crippen LogP contribution in [-0.4, -0.2) is 35.7 Å². The molecule has 0 unspecified atom stereocenters. The number of halogens is 3. The van der Waals surface area contributed by atoms with E-state index in [9.17, 15) is 8.78 Å². The third-order valence-corrected chi connectivity index (χ3v) is 4.18. The lowest BCUT2D eigenvalue weighted by Gasteiger charge is -2.13. The van der Waals surface area contributed by atoms with Crippen LogP contribution in [0.5, 0.6) is 5.75 Å². The van der Waals surface area contributed by atoms with Gasteiger partial charge in [0.2, 0.25) is 0 Å². The fraction of sp³-hybridized carbons (Fsp3) is 0.238. The Hall–Kier alpha value is -2.69. The monoisotopic (exact) mass is 527 g/mol. The van der Waals surface area contributed by atoms with Crippen LogP contribution in [0.1, 0.15) is 11.4 Å². The normalized spacial score (nSPS) is 11.0. The molecule has 0 bridgehead atoms. The summed E-state index contributed by atoms with van der Waals surface area (Å²) in [5.41, 5.74) is 1.19. The van der Waals surface area contributed by atoms with Crippen molar-refractivity contribution < 1.29 is 13.5 Å². The molecule has 0 saturated carbocycles. The standard InChI is InChI=1S/C21H23F2N5O.HI/c1-24-21(26-10-12-29-19-8-7-17(22)13-18(19)23)27-14-20-25-9-11-28(20)15-16-5-3-2-4-6-16;/h2-9,11,13H,10,12,14-15H2,1H3,(H2,24,26,27);1H. The zero-order chi connectivity index (χ0) is 20.5. The number of benzene rings is 2. The Morgan fingerprint density at radius 1 is 1.13 bits per heavy atom. The zero-order valence-corrected chi connectivity index (χ0v) is 18.8. The molecule has 0 spiro atoms. The smallest absolute Gasteiger partial charge is 0.191 e. The molecule has 9 heteroatoms. The lowest BCUT2D eigenvalue weighted by molar-refractivity contribution is 0.304. The van der Waals surface area contributed by atoms with Crippen LogP contribution in [0.3, 0.4) is 0 Å². The van der Waals surface area contributed by atoms with Gasteiger partial charge in [-0.25, -0.2) is 13.8 Å². The number of guanidine groups is 1. The Bertz CT molecular complexity index is 950. The molecular formula is C21H24F2IN5O. The summed E-state index contributed by atoms with van der Waals surface area (Å²) in [6.07, 6.45) is 3.70. The Kier molecular flexibility index (Phi) is 9.52. The van der Waals surface area contributed by atoms with E-state index in [2.05, 4.69) is 37.3 Å². The van der Waals surface area contributed by atoms with Crippen molar-refractivity contribution in [1.29, 1.82) is 0 Å². The fourth-order valence-electron chi connectivity index (χ4n) is 2.74. The minimum Gasteiger partial charge on any atom is -0.489 e. The predicted molar refractivity (Wildman–Crippen MR) is 123 cm³/mol. The van der Waals surface area contributed by atoms with E-state index in [0.717, 1.165) is 24.5 Å². The molecule has 2 N–H and O–H groups in total. The van der Waals surface area contributed by atoms with E-state index in [-0.39, 0.29) is 36.3 Å². The van der Waals surface area contributed by atoms with Crippen LogP contribution < -0.4 is 15.4 Å². The number of hydrogen-bond acceptors (Lipinski definition) is 3. The van der Waals surface area contributed by atoms with Crippen LogP contribution in [0.25, 0.3) is 0 Å². The highest BCUT2D eigenvalue weighted by Gasteiger charge is 2.07. The van der Waals surface area contributed by atoms with Crippen molar-refractivity contribution in [3.8, 4) is 5.75 Å². The molecule has 2 aromatic carbocycles. The van der Waals surface area contributed by atoms with E-state index in [1.54, 1.807) is 13.2 Å². The third kappa shape index (κ3) is 6.97. The second kappa shape index (κ2) is 12.1. The first-order chi connectivity index (χ1) is 14.2. The average Bonchev–Trinajstić information content (AvgIpc) is 3.16. The molecule has 0 amide bonds. The van der Waals surface area contributed by atoms with Gasteiger partial charge in [0.15, 0.2) is 17.5 Å². The van der Waals surface area contributed by atoms with E-state index in [1.165, 1.54) is 11.6 Å². The molecule has 0 saturated heterocycles. The summed E-state index contributed by atoms with van der Waals surface area (Å²) in [5, 5.41) is 6.27. The van der Waals surface area contributed by atoms with Gasteiger partial charge in [-0.3, -0.25) is 4.99 Å². The van der Waals surface area contributed by atoms with Crippen LogP contribution in [-0.2, 0) is 13.1 Å². The van der Waals surface area contributed by atoms with Gasteiger partial charge in [-0.1, -0.05) is 30.3 Å². The fourth-order valence-corrected chi connectivity index (χ4v) is 2.74. The summed E-state index contributed by atoms with van der Waals surface area (Å²) < 4.78 is 33.8. The summed E-state index contributed by atoms with van der Waals surface area (Å²) in [6.45, 7) is 1.83. The van der Waals surface area contributed by atoms with Gasteiger partial charge in [-0.05, 0) is 17.7 Å². The highest BCUT2D eigenvalue weighted by molar-refractivity contribution is 14.0. The first-order valence-corrected chi connectivity index (χ1v) is 9.22. The molecule has 0 aliphatic heterocycles. The minimum absolute atomic E-state index is 0. The number of ether oxygens (including phenoxy) is 1. The zero-order valence-electron chi connectivity index (χ0n) is 16.5. The second-order valence-electron chi connectivity index (χ2n) is 6.23. The van der Waals surface area contributed by atoms with Gasteiger partial charge in [-0.2, -0.15) is 0 Å². The first-order valence-electron chi connectivity index (χ1n) is 9.22. The molecule has 1 aromatic heterocycles. The van der Waals surface area contributed by atoms with Gasteiger partial charge in [0.05, 0.1) is 13.1 Å². The first kappa shape index (κ1) is 23.6. The maximum Gasteiger partial charge on any atom is 0.191 e. The van der Waals surface area contributed by atoms with Gasteiger partial charge >= 0.3 is 0 Å². The maximum absolute atomic E-state index is 13.5. The lowest BCUT2D eigenvalue weighted by atomic mass is 10.2. The van der Waals surface area contributed by atoms with Crippen LogP contribution in [0, 0.1) is 11.6 Å². The molecular weight excluding hydrogens is 503 g/mol. The van der Waals surface area contributed by atoms with E-state index < -0.39 is 11.6 Å². The van der Waals surface area contributed by atoms with Crippen LogP contribution in [0.2, 0.25) is 0 Å². The van der Waals surface area contributed by atoms with Gasteiger partial charge in [0, 0.05) is 32.1 Å². The number of nitrogens with one attached hydrogen (secondary N) is 2. The number of imidazole rings is 1. The Morgan fingerprint density at radius 3 is 2.67 bits per heavy atom. The molecule has 6 nitrogen and oxygen atoms in total. The maximum atomic E-state index is 13.5. The molecule has 30 heavy (non-hydrogen) atoms. The third-order valence-electron chi connectivity index (χ3n) is 4.18. The summed E-state index contributed by atoms with van der Waals surface area (Å²) in [7, 11) is 1.66. The van der Waals surface area contributed by atoms with Crippen molar-refractivity contribution in [3.05, 3.63) is 83.9 Å². The average molecular weight is 527 g/mol. The SMILES string of the molecule is CN=C(NCCOc1ccc(F)cc1F)NCc1nccn1Cc1ccccc1.I. The molecule has 1 heterocycles. The molecule has 3 rings (SSSR count). The number of nitrogens with zero attached hydrogens (tertiary/aromatic N) is 3. The van der Waals surface area contributed by atoms with Crippen LogP contribution in [0.4, 0.5) is 8.78 Å². The van der Waals surface area contributed by atoms with E-state index >= 15 is 0 Å². The molecule has 0 aliphatic carbocycles. The molecule has 3 aromatic rings. The van der Waals surface area contributed by atoms with Gasteiger partial charge in [0.1, 0.15) is 18.2 Å². The van der Waals surface area contributed by atoms with Crippen molar-refractivity contribution in [1.82, 2.24) is 20.2 Å². The molecule has 160 valence electrons. The van der Waals surface area contributed by atoms with Crippen molar-refractivity contribution in [2.75, 3.05) is 20.2 Å². The summed E-state index contributed by atoms with van der Waals surface area (Å²) >= 11 is 0. The number of aliphatic imine (C=N–C) groups is 1. The lowest BCUT2D eigenvalue weighted by Crippen LogP contribution is -2.39. The summed E-state index contributed by atoms with van der Waals surface area (Å²) in [5.74, 6) is 0.101. The van der Waals surface area contributed by atoms with E-state index in [4.69, 9.17) is 4.74 Å². The number of hydrogen-bond donors (Lipinski definition) is 2. The van der Waals surface area contributed by atoms with Crippen molar-refractivity contribution >= 4 is 29.9 Å². The Labute approximate surface area is 191 Å². The van der Waals surface area contributed by atoms with Crippen LogP contribution >= 0.6 is 24.0 Å². The van der Waals surface area contributed by atoms with Crippen molar-refractivity contribution in [2.24, 2.45) is 4.99 Å². The number of rotatable bonds is 8. The predicted octanol–water partition coefficient (Wildman–Crippen LogP) is 3.57. The molecule has 0 aliphatic rings. The highest BCUT2D eigenvalue weighted by atomic mass is 127. The Morgan fingerprint density at radius 2 is 1.93 bits per heavy atom. The molecule has 0 atom stereocenters. The summed E-state index contributed by atoms with van der Waals surface area (Å²) in [6, 6.07) is 13.4. The van der Waals surface area contributed by atoms with Crippen LogP contribution in [0.15, 0.2) is 65.9 Å². The topological polar surface area (TPSA) is 63.5 Å². The molecule has 0 fully saturated rings. The highest BCUT2D eigenvalue weighted by Crippen LogP contribution is 2.17. The van der Waals surface area contributed by atoms with Gasteiger partial charge < -0.3 is 19.9 Å². The van der Waals surface area contributed by atoms with Crippen molar-refractivity contribution in [3.63, 3.8) is 0 Å². The Balaban J connectivity index is 0.00000320. The number of aromatic nitrogens is 2.